The summed E-state index contributed by atoms with van der Waals surface area (Å²) in [5.41, 5.74) is -0.907. The van der Waals surface area contributed by atoms with E-state index in [0.29, 0.717) is 6.29 Å². The summed E-state index contributed by atoms with van der Waals surface area (Å²) < 4.78 is 40.9. The fourth-order valence-electron chi connectivity index (χ4n) is 1.02. The van der Waals surface area contributed by atoms with Gasteiger partial charge in [-0.3, -0.25) is 14.9 Å². The van der Waals surface area contributed by atoms with Crippen LogP contribution in [-0.2, 0) is 0 Å². The number of hydrogen-bond donors (Lipinski definition) is 0. The lowest BCUT2D eigenvalue weighted by Crippen LogP contribution is -2.27. The van der Waals surface area contributed by atoms with E-state index in [9.17, 15) is 28.1 Å². The van der Waals surface area contributed by atoms with Gasteiger partial charge < -0.3 is 4.74 Å². The van der Waals surface area contributed by atoms with Gasteiger partial charge in [-0.2, -0.15) is 8.78 Å². The normalized spacial score (nSPS) is 11.0. The first-order valence-corrected chi connectivity index (χ1v) is 4.26. The number of aldehydes is 1. The van der Waals surface area contributed by atoms with Crippen molar-refractivity contribution in [2.45, 2.75) is 6.11 Å². The number of carbonyl (C=O) groups is 1. The SMILES string of the molecule is O=Cc1ccc(OC(F)(F)CF)c([N+](=O)[O-])c1. The zero-order valence-electron chi connectivity index (χ0n) is 8.23. The fourth-order valence-corrected chi connectivity index (χ4v) is 1.02. The molecule has 0 bridgehead atoms. The zero-order valence-corrected chi connectivity index (χ0v) is 8.23. The van der Waals surface area contributed by atoms with Crippen molar-refractivity contribution in [3.8, 4) is 5.75 Å². The molecule has 0 spiro atoms. The molecular formula is C9H6F3NO4. The molecule has 0 aliphatic heterocycles. The minimum absolute atomic E-state index is 0.0763. The summed E-state index contributed by atoms with van der Waals surface area (Å²) in [5, 5.41) is 10.5. The van der Waals surface area contributed by atoms with E-state index in [4.69, 9.17) is 0 Å². The Labute approximate surface area is 93.0 Å². The molecule has 0 atom stereocenters. The van der Waals surface area contributed by atoms with Gasteiger partial charge in [-0.05, 0) is 12.1 Å². The lowest BCUT2D eigenvalue weighted by atomic mass is 10.2. The van der Waals surface area contributed by atoms with Crippen LogP contribution in [0.5, 0.6) is 5.75 Å². The predicted octanol–water partition coefficient (Wildman–Crippen LogP) is 2.35. The molecule has 0 aliphatic rings. The van der Waals surface area contributed by atoms with Crippen molar-refractivity contribution in [3.05, 3.63) is 33.9 Å². The highest BCUT2D eigenvalue weighted by Crippen LogP contribution is 2.31. The third-order valence-electron chi connectivity index (χ3n) is 1.73. The van der Waals surface area contributed by atoms with Crippen LogP contribution in [0.2, 0.25) is 0 Å². The number of carbonyl (C=O) groups excluding carboxylic acids is 1. The number of nitro groups is 1. The molecule has 5 nitrogen and oxygen atoms in total. The van der Waals surface area contributed by atoms with Gasteiger partial charge in [0.2, 0.25) is 5.75 Å². The van der Waals surface area contributed by atoms with E-state index in [1.807, 2.05) is 0 Å². The summed E-state index contributed by atoms with van der Waals surface area (Å²) in [7, 11) is 0. The quantitative estimate of drug-likeness (QED) is 0.456. The lowest BCUT2D eigenvalue weighted by molar-refractivity contribution is -0.387. The third kappa shape index (κ3) is 3.16. The van der Waals surface area contributed by atoms with Crippen LogP contribution in [0, 0.1) is 10.1 Å². The maximum atomic E-state index is 12.6. The number of rotatable bonds is 5. The third-order valence-corrected chi connectivity index (χ3v) is 1.73. The van der Waals surface area contributed by atoms with Gasteiger partial charge in [0, 0.05) is 11.6 Å². The minimum Gasteiger partial charge on any atom is -0.423 e. The molecule has 0 aromatic heterocycles. The summed E-state index contributed by atoms with van der Waals surface area (Å²) in [6.07, 6.45) is -3.84. The van der Waals surface area contributed by atoms with Crippen LogP contribution >= 0.6 is 0 Å². The minimum atomic E-state index is -4.15. The van der Waals surface area contributed by atoms with E-state index in [2.05, 4.69) is 4.74 Å². The van der Waals surface area contributed by atoms with Crippen molar-refractivity contribution in [2.24, 2.45) is 0 Å². The molecule has 0 saturated carbocycles. The number of alkyl halides is 3. The van der Waals surface area contributed by atoms with Crippen LogP contribution in [0.3, 0.4) is 0 Å². The number of nitrogens with zero attached hydrogens (tertiary/aromatic N) is 1. The molecule has 1 rings (SSSR count). The molecule has 0 fully saturated rings. The Balaban J connectivity index is 3.15. The molecule has 0 N–H and O–H groups in total. The maximum absolute atomic E-state index is 12.6. The van der Waals surface area contributed by atoms with Gasteiger partial charge in [0.05, 0.1) is 4.92 Å². The molecular weight excluding hydrogens is 243 g/mol. The Morgan fingerprint density at radius 1 is 1.47 bits per heavy atom. The molecule has 0 amide bonds. The van der Waals surface area contributed by atoms with Gasteiger partial charge in [-0.1, -0.05) is 0 Å². The van der Waals surface area contributed by atoms with Crippen molar-refractivity contribution in [1.82, 2.24) is 0 Å². The monoisotopic (exact) mass is 249 g/mol. The van der Waals surface area contributed by atoms with Crippen LogP contribution in [-0.4, -0.2) is 24.0 Å². The Hall–Kier alpha value is -2.12. The highest BCUT2D eigenvalue weighted by atomic mass is 19.3. The van der Waals surface area contributed by atoms with E-state index in [0.717, 1.165) is 18.2 Å². The molecule has 17 heavy (non-hydrogen) atoms. The number of hydrogen-bond acceptors (Lipinski definition) is 4. The standard InChI is InChI=1S/C9H6F3NO4/c10-5-9(11,12)17-8-2-1-6(4-14)3-7(8)13(15)16/h1-4H,5H2. The average Bonchev–Trinajstić information content (AvgIpc) is 2.29. The second-order valence-electron chi connectivity index (χ2n) is 2.98. The van der Waals surface area contributed by atoms with E-state index in [-0.39, 0.29) is 5.56 Å². The van der Waals surface area contributed by atoms with Gasteiger partial charge in [-0.25, -0.2) is 4.39 Å². The van der Waals surface area contributed by atoms with Crippen LogP contribution in [0.25, 0.3) is 0 Å². The van der Waals surface area contributed by atoms with Crippen LogP contribution in [0.1, 0.15) is 10.4 Å². The molecule has 0 aliphatic carbocycles. The Morgan fingerprint density at radius 2 is 2.12 bits per heavy atom. The van der Waals surface area contributed by atoms with Gasteiger partial charge in [-0.15, -0.1) is 0 Å². The van der Waals surface area contributed by atoms with Crippen molar-refractivity contribution in [2.75, 3.05) is 6.67 Å². The molecule has 0 heterocycles. The zero-order chi connectivity index (χ0) is 13.1. The van der Waals surface area contributed by atoms with E-state index in [1.165, 1.54) is 0 Å². The molecule has 0 unspecified atom stereocenters. The summed E-state index contributed by atoms with van der Waals surface area (Å²) >= 11 is 0. The second-order valence-corrected chi connectivity index (χ2v) is 2.98. The highest BCUT2D eigenvalue weighted by Gasteiger charge is 2.34. The van der Waals surface area contributed by atoms with Crippen molar-refractivity contribution >= 4 is 12.0 Å². The van der Waals surface area contributed by atoms with Crippen LogP contribution in [0.15, 0.2) is 18.2 Å². The van der Waals surface area contributed by atoms with Crippen LogP contribution in [0.4, 0.5) is 18.9 Å². The molecule has 0 saturated heterocycles. The van der Waals surface area contributed by atoms with Gasteiger partial charge in [0.25, 0.3) is 0 Å². The topological polar surface area (TPSA) is 69.4 Å². The first-order valence-electron chi connectivity index (χ1n) is 4.26. The Kier molecular flexibility index (Phi) is 3.66. The highest BCUT2D eigenvalue weighted by molar-refractivity contribution is 5.77. The molecule has 92 valence electrons. The maximum Gasteiger partial charge on any atom is 0.427 e. The number of ether oxygens (including phenoxy) is 1. The number of nitro benzene ring substituents is 1. The number of benzene rings is 1. The smallest absolute Gasteiger partial charge is 0.423 e. The van der Waals surface area contributed by atoms with Crippen molar-refractivity contribution in [3.63, 3.8) is 0 Å². The summed E-state index contributed by atoms with van der Waals surface area (Å²) in [5.74, 6) is -0.803. The van der Waals surface area contributed by atoms with Crippen molar-refractivity contribution in [1.29, 1.82) is 0 Å². The Morgan fingerprint density at radius 3 is 2.59 bits per heavy atom. The summed E-state index contributed by atoms with van der Waals surface area (Å²) in [4.78, 5) is 19.9. The van der Waals surface area contributed by atoms with Gasteiger partial charge in [0.15, 0.2) is 6.67 Å². The van der Waals surface area contributed by atoms with Gasteiger partial charge >= 0.3 is 11.8 Å². The Bertz CT molecular complexity index is 450. The fraction of sp³-hybridized carbons (Fsp3) is 0.222. The van der Waals surface area contributed by atoms with E-state index in [1.54, 1.807) is 0 Å². The summed E-state index contributed by atoms with van der Waals surface area (Å²) in [6.45, 7) is -2.11. The van der Waals surface area contributed by atoms with E-state index < -0.39 is 29.1 Å². The lowest BCUT2D eigenvalue weighted by Gasteiger charge is -2.14. The molecule has 1 aromatic carbocycles. The molecule has 8 heteroatoms. The van der Waals surface area contributed by atoms with Gasteiger partial charge in [0.1, 0.15) is 6.29 Å². The second kappa shape index (κ2) is 4.81. The molecule has 0 radical (unpaired) electrons. The predicted molar refractivity (Wildman–Crippen MR) is 50.0 cm³/mol. The van der Waals surface area contributed by atoms with E-state index >= 15 is 0 Å². The largest absolute Gasteiger partial charge is 0.427 e. The molecule has 1 aromatic rings. The first-order chi connectivity index (χ1) is 7.89. The van der Waals surface area contributed by atoms with Crippen LogP contribution < -0.4 is 4.74 Å². The van der Waals surface area contributed by atoms with Crippen molar-refractivity contribution < 1.29 is 27.6 Å². The average molecular weight is 249 g/mol. The number of halogens is 3. The summed E-state index contributed by atoms with van der Waals surface area (Å²) in [6, 6.07) is 2.62. The first kappa shape index (κ1) is 12.9.